The van der Waals surface area contributed by atoms with Crippen molar-refractivity contribution in [1.29, 1.82) is 0 Å². The Morgan fingerprint density at radius 1 is 1.19 bits per heavy atom. The van der Waals surface area contributed by atoms with Crippen LogP contribution in [0.5, 0.6) is 0 Å². The molecule has 1 aromatic heterocycles. The van der Waals surface area contributed by atoms with E-state index in [0.717, 1.165) is 0 Å². The lowest BCUT2D eigenvalue weighted by molar-refractivity contribution is -0.384. The van der Waals surface area contributed by atoms with Crippen molar-refractivity contribution in [3.63, 3.8) is 0 Å². The van der Waals surface area contributed by atoms with Gasteiger partial charge in [-0.3, -0.25) is 10.1 Å². The van der Waals surface area contributed by atoms with Gasteiger partial charge in [0.05, 0.1) is 10.4 Å². The van der Waals surface area contributed by atoms with Crippen LogP contribution < -0.4 is 10.6 Å². The van der Waals surface area contributed by atoms with E-state index in [9.17, 15) is 10.1 Å². The van der Waals surface area contributed by atoms with Gasteiger partial charge in [0.15, 0.2) is 0 Å². The van der Waals surface area contributed by atoms with Crippen LogP contribution in [0.3, 0.4) is 0 Å². The van der Waals surface area contributed by atoms with Crippen LogP contribution in [0.1, 0.15) is 0 Å². The van der Waals surface area contributed by atoms with Gasteiger partial charge in [-0.15, -0.1) is 13.2 Å². The van der Waals surface area contributed by atoms with Crippen molar-refractivity contribution < 1.29 is 4.92 Å². The Morgan fingerprint density at radius 3 is 2.57 bits per heavy atom. The molecule has 0 atom stereocenters. The number of rotatable bonds is 7. The van der Waals surface area contributed by atoms with Gasteiger partial charge in [0, 0.05) is 30.6 Å². The summed E-state index contributed by atoms with van der Waals surface area (Å²) in [6.07, 6.45) is 3.38. The number of nitro groups is 1. The monoisotopic (exact) mass is 285 g/mol. The van der Waals surface area contributed by atoms with Gasteiger partial charge < -0.3 is 10.6 Å². The van der Waals surface area contributed by atoms with E-state index in [2.05, 4.69) is 33.8 Å². The smallest absolute Gasteiger partial charge is 0.270 e. The van der Waals surface area contributed by atoms with Crippen molar-refractivity contribution >= 4 is 28.4 Å². The van der Waals surface area contributed by atoms with E-state index in [-0.39, 0.29) is 5.69 Å². The predicted octanol–water partition coefficient (Wildman–Crippen LogP) is 2.73. The number of fused-ring (bicyclic) bond motifs is 1. The van der Waals surface area contributed by atoms with Crippen LogP contribution in [-0.4, -0.2) is 28.0 Å². The van der Waals surface area contributed by atoms with Gasteiger partial charge in [-0.25, -0.2) is 4.98 Å². The van der Waals surface area contributed by atoms with E-state index in [0.29, 0.717) is 35.8 Å². The number of aromatic nitrogens is 2. The Bertz CT molecular complexity index is 699. The van der Waals surface area contributed by atoms with Crippen molar-refractivity contribution in [1.82, 2.24) is 9.97 Å². The summed E-state index contributed by atoms with van der Waals surface area (Å²) in [6.45, 7) is 8.27. The molecule has 0 aliphatic carbocycles. The lowest BCUT2D eigenvalue weighted by Gasteiger charge is -2.10. The minimum atomic E-state index is -0.444. The van der Waals surface area contributed by atoms with Gasteiger partial charge >= 0.3 is 0 Å². The maximum absolute atomic E-state index is 10.9. The Morgan fingerprint density at radius 2 is 1.90 bits per heavy atom. The molecule has 0 aliphatic heterocycles. The molecule has 7 heteroatoms. The topological polar surface area (TPSA) is 93.0 Å². The number of nitrogens with zero attached hydrogens (tertiary/aromatic N) is 3. The van der Waals surface area contributed by atoms with Gasteiger partial charge in [0.1, 0.15) is 5.82 Å². The van der Waals surface area contributed by atoms with Crippen molar-refractivity contribution in [3.8, 4) is 0 Å². The molecule has 2 aromatic rings. The van der Waals surface area contributed by atoms with E-state index in [1.54, 1.807) is 18.2 Å². The molecule has 0 unspecified atom stereocenters. The molecule has 0 saturated carbocycles. The zero-order valence-corrected chi connectivity index (χ0v) is 11.4. The summed E-state index contributed by atoms with van der Waals surface area (Å²) in [7, 11) is 0. The summed E-state index contributed by atoms with van der Waals surface area (Å²) in [4.78, 5) is 19.1. The summed E-state index contributed by atoms with van der Waals surface area (Å²) in [5.74, 6) is 0.956. The molecule has 1 aromatic carbocycles. The second kappa shape index (κ2) is 6.47. The van der Waals surface area contributed by atoms with E-state index in [4.69, 9.17) is 0 Å². The molecule has 108 valence electrons. The van der Waals surface area contributed by atoms with Crippen LogP contribution in [0, 0.1) is 10.1 Å². The van der Waals surface area contributed by atoms with Crippen LogP contribution in [0.4, 0.5) is 17.5 Å². The highest BCUT2D eigenvalue weighted by Gasteiger charge is 2.12. The number of hydrogen-bond donors (Lipinski definition) is 2. The van der Waals surface area contributed by atoms with Crippen molar-refractivity contribution in [2.45, 2.75) is 0 Å². The summed E-state index contributed by atoms with van der Waals surface area (Å²) in [5, 5.41) is 17.5. The Balaban J connectivity index is 2.53. The summed E-state index contributed by atoms with van der Waals surface area (Å²) < 4.78 is 0. The molecule has 1 heterocycles. The van der Waals surface area contributed by atoms with Crippen molar-refractivity contribution in [3.05, 3.63) is 53.6 Å². The third kappa shape index (κ3) is 3.33. The lowest BCUT2D eigenvalue weighted by Crippen LogP contribution is -2.08. The van der Waals surface area contributed by atoms with Crippen LogP contribution in [0.25, 0.3) is 10.9 Å². The Labute approximate surface area is 121 Å². The number of anilines is 2. The lowest BCUT2D eigenvalue weighted by atomic mass is 10.2. The number of benzene rings is 1. The number of nitrogens with one attached hydrogen (secondary N) is 2. The third-order valence-electron chi connectivity index (χ3n) is 2.71. The SMILES string of the molecule is C=CCNc1nc(NCC=C)c2cc([N+](=O)[O-])ccc2n1. The molecule has 2 rings (SSSR count). The fraction of sp³-hybridized carbons (Fsp3) is 0.143. The van der Waals surface area contributed by atoms with Gasteiger partial charge in [0.25, 0.3) is 5.69 Å². The van der Waals surface area contributed by atoms with Crippen LogP contribution in [0.2, 0.25) is 0 Å². The molecule has 7 nitrogen and oxygen atoms in total. The minimum Gasteiger partial charge on any atom is -0.366 e. The van der Waals surface area contributed by atoms with Crippen molar-refractivity contribution in [2.75, 3.05) is 23.7 Å². The maximum atomic E-state index is 10.9. The highest BCUT2D eigenvalue weighted by Crippen LogP contribution is 2.26. The second-order valence-electron chi connectivity index (χ2n) is 4.19. The minimum absolute atomic E-state index is 0.000413. The number of hydrogen-bond acceptors (Lipinski definition) is 6. The highest BCUT2D eigenvalue weighted by atomic mass is 16.6. The van der Waals surface area contributed by atoms with Crippen LogP contribution in [-0.2, 0) is 0 Å². The predicted molar refractivity (Wildman–Crippen MR) is 83.6 cm³/mol. The number of nitro benzene ring substituents is 1. The normalized spacial score (nSPS) is 10.1. The maximum Gasteiger partial charge on any atom is 0.270 e. The molecule has 0 fully saturated rings. The first-order valence-electron chi connectivity index (χ1n) is 6.31. The molecule has 0 aliphatic rings. The first kappa shape index (κ1) is 14.4. The van der Waals surface area contributed by atoms with E-state index in [1.807, 2.05) is 0 Å². The zero-order chi connectivity index (χ0) is 15.2. The fourth-order valence-corrected chi connectivity index (χ4v) is 1.78. The van der Waals surface area contributed by atoms with E-state index < -0.39 is 4.92 Å². The number of non-ortho nitro benzene ring substituents is 1. The molecule has 0 bridgehead atoms. The molecule has 0 radical (unpaired) electrons. The van der Waals surface area contributed by atoms with E-state index >= 15 is 0 Å². The van der Waals surface area contributed by atoms with Gasteiger partial charge in [-0.05, 0) is 6.07 Å². The van der Waals surface area contributed by atoms with Gasteiger partial charge in [0.2, 0.25) is 5.95 Å². The first-order valence-corrected chi connectivity index (χ1v) is 6.31. The van der Waals surface area contributed by atoms with Crippen LogP contribution >= 0.6 is 0 Å². The Kier molecular flexibility index (Phi) is 4.45. The summed E-state index contributed by atoms with van der Waals surface area (Å²) in [6, 6.07) is 4.48. The van der Waals surface area contributed by atoms with Crippen LogP contribution in [0.15, 0.2) is 43.5 Å². The fourth-order valence-electron chi connectivity index (χ4n) is 1.78. The molecule has 0 spiro atoms. The molecule has 21 heavy (non-hydrogen) atoms. The van der Waals surface area contributed by atoms with E-state index in [1.165, 1.54) is 12.1 Å². The molecular formula is C14H15N5O2. The average Bonchev–Trinajstić information content (AvgIpc) is 2.49. The molecule has 0 saturated heterocycles. The highest BCUT2D eigenvalue weighted by molar-refractivity contribution is 5.91. The zero-order valence-electron chi connectivity index (χ0n) is 11.4. The first-order chi connectivity index (χ1) is 10.2. The van der Waals surface area contributed by atoms with Crippen molar-refractivity contribution in [2.24, 2.45) is 0 Å². The molecule has 0 amide bonds. The van der Waals surface area contributed by atoms with Gasteiger partial charge in [-0.2, -0.15) is 4.98 Å². The third-order valence-corrected chi connectivity index (χ3v) is 2.71. The average molecular weight is 285 g/mol. The quantitative estimate of drug-likeness (QED) is 0.461. The largest absolute Gasteiger partial charge is 0.366 e. The Hall–Kier alpha value is -2.96. The molecule has 2 N–H and O–H groups in total. The van der Waals surface area contributed by atoms with Gasteiger partial charge in [-0.1, -0.05) is 12.2 Å². The summed E-state index contributed by atoms with van der Waals surface area (Å²) >= 11 is 0. The molecular weight excluding hydrogens is 270 g/mol. The standard InChI is InChI=1S/C14H15N5O2/c1-3-7-15-13-11-9-10(19(20)21)5-6-12(11)17-14(18-13)16-8-4-2/h3-6,9H,1-2,7-8H2,(H2,15,16,17,18). The summed E-state index contributed by atoms with van der Waals surface area (Å²) in [5.41, 5.74) is 0.619. The second-order valence-corrected chi connectivity index (χ2v) is 4.19.